The Morgan fingerprint density at radius 1 is 0.733 bits per heavy atom. The van der Waals surface area contributed by atoms with Gasteiger partial charge in [0.15, 0.2) is 0 Å². The highest BCUT2D eigenvalue weighted by atomic mass is 32.1. The monoisotopic (exact) mass is 448 g/mol. The smallest absolute Gasteiger partial charge is 0.333 e. The van der Waals surface area contributed by atoms with Gasteiger partial charge in [-0.2, -0.15) is 12.6 Å². The molecule has 0 aromatic carbocycles. The number of hydrogen-bond acceptors (Lipinski definition) is 11. The van der Waals surface area contributed by atoms with Gasteiger partial charge >= 0.3 is 23.9 Å². The molecule has 0 aromatic rings. The first-order valence-corrected chi connectivity index (χ1v) is 9.44. The molecule has 2 atom stereocenters. The second kappa shape index (κ2) is 14.6. The third-order valence-electron chi connectivity index (χ3n) is 3.19. The summed E-state index contributed by atoms with van der Waals surface area (Å²) in [6, 6.07) is 0. The van der Waals surface area contributed by atoms with Gasteiger partial charge in [-0.3, -0.25) is 9.59 Å². The normalized spacial score (nSPS) is 13.4. The summed E-state index contributed by atoms with van der Waals surface area (Å²) in [4.78, 5) is 45.8. The van der Waals surface area contributed by atoms with Crippen LogP contribution in [0.2, 0.25) is 0 Å². The molecule has 2 N–H and O–H groups in total. The van der Waals surface area contributed by atoms with Crippen molar-refractivity contribution in [1.29, 1.82) is 0 Å². The summed E-state index contributed by atoms with van der Waals surface area (Å²) in [5.74, 6) is -2.79. The molecule has 10 nitrogen and oxygen atoms in total. The van der Waals surface area contributed by atoms with Crippen molar-refractivity contribution in [2.45, 2.75) is 44.1 Å². The summed E-state index contributed by atoms with van der Waals surface area (Å²) >= 11 is 4.09. The summed E-state index contributed by atoms with van der Waals surface area (Å²) < 4.78 is 19.1. The zero-order valence-corrected chi connectivity index (χ0v) is 17.9. The van der Waals surface area contributed by atoms with Gasteiger partial charge in [-0.15, -0.1) is 0 Å². The predicted molar refractivity (Wildman–Crippen MR) is 107 cm³/mol. The van der Waals surface area contributed by atoms with E-state index in [4.69, 9.17) is 18.9 Å². The van der Waals surface area contributed by atoms with Gasteiger partial charge < -0.3 is 29.2 Å². The van der Waals surface area contributed by atoms with E-state index in [1.165, 1.54) is 13.8 Å². The molecule has 170 valence electrons. The topological polar surface area (TPSA) is 146 Å². The van der Waals surface area contributed by atoms with Crippen LogP contribution in [0.15, 0.2) is 24.3 Å². The molecule has 0 spiro atoms. The minimum atomic E-state index is -1.21. The first kappa shape index (κ1) is 27.6. The molecule has 0 aliphatic heterocycles. The van der Waals surface area contributed by atoms with E-state index < -0.39 is 54.5 Å². The minimum Gasteiger partial charge on any atom is -0.463 e. The molecule has 0 rings (SSSR count). The molecule has 0 amide bonds. The first-order valence-electron chi connectivity index (χ1n) is 8.93. The molecule has 0 saturated carbocycles. The van der Waals surface area contributed by atoms with Gasteiger partial charge in [0.1, 0.15) is 38.6 Å². The second-order valence-electron chi connectivity index (χ2n) is 6.49. The van der Waals surface area contributed by atoms with Crippen molar-refractivity contribution in [2.24, 2.45) is 0 Å². The van der Waals surface area contributed by atoms with E-state index in [1.54, 1.807) is 0 Å². The summed E-state index contributed by atoms with van der Waals surface area (Å²) in [5, 5.41) is 18.5. The van der Waals surface area contributed by atoms with Gasteiger partial charge in [0.2, 0.25) is 0 Å². The van der Waals surface area contributed by atoms with Crippen molar-refractivity contribution in [3.05, 3.63) is 24.3 Å². The second-order valence-corrected chi connectivity index (χ2v) is 7.22. The van der Waals surface area contributed by atoms with Crippen LogP contribution in [0.1, 0.15) is 26.7 Å². The van der Waals surface area contributed by atoms with Crippen LogP contribution in [-0.4, -0.2) is 78.0 Å². The molecule has 0 bridgehead atoms. The molecule has 0 aliphatic rings. The van der Waals surface area contributed by atoms with Crippen LogP contribution in [0, 0.1) is 0 Å². The molecular formula is C19H28O10S. The lowest BCUT2D eigenvalue weighted by atomic mass is 10.2. The van der Waals surface area contributed by atoms with Crippen molar-refractivity contribution in [1.82, 2.24) is 0 Å². The summed E-state index contributed by atoms with van der Waals surface area (Å²) in [6.45, 7) is 8.14. The van der Waals surface area contributed by atoms with Crippen LogP contribution in [0.25, 0.3) is 0 Å². The van der Waals surface area contributed by atoms with Gasteiger partial charge in [0, 0.05) is 16.4 Å². The molecule has 0 aliphatic carbocycles. The Kier molecular flexibility index (Phi) is 13.4. The fourth-order valence-corrected chi connectivity index (χ4v) is 1.94. The highest BCUT2D eigenvalue weighted by Crippen LogP contribution is 2.10. The van der Waals surface area contributed by atoms with E-state index in [9.17, 15) is 29.4 Å². The molecule has 0 aromatic heterocycles. The summed E-state index contributed by atoms with van der Waals surface area (Å²) in [5.41, 5.74) is 0.341. The fraction of sp³-hybridized carbons (Fsp3) is 0.579. The third-order valence-corrected chi connectivity index (χ3v) is 3.55. The lowest BCUT2D eigenvalue weighted by Crippen LogP contribution is -2.27. The Morgan fingerprint density at radius 2 is 1.03 bits per heavy atom. The largest absolute Gasteiger partial charge is 0.463 e. The van der Waals surface area contributed by atoms with Crippen LogP contribution in [0.4, 0.5) is 0 Å². The summed E-state index contributed by atoms with van der Waals surface area (Å²) in [6.07, 6.45) is -2.90. The van der Waals surface area contributed by atoms with Crippen LogP contribution >= 0.6 is 12.6 Å². The lowest BCUT2D eigenvalue weighted by Gasteiger charge is -2.14. The molecule has 0 heterocycles. The quantitative estimate of drug-likeness (QED) is 0.145. The SMILES string of the molecule is C=C(C)C(=O)OCC(O)COC(=O)CC(S)CC(=O)OCC(O)COC(=O)C(=C)C. The van der Waals surface area contributed by atoms with Crippen LogP contribution in [0.5, 0.6) is 0 Å². The highest BCUT2D eigenvalue weighted by molar-refractivity contribution is 7.81. The zero-order chi connectivity index (χ0) is 23.3. The van der Waals surface area contributed by atoms with Crippen molar-refractivity contribution < 1.29 is 48.3 Å². The number of thiol groups is 1. The number of esters is 4. The molecule has 0 radical (unpaired) electrons. The Balaban J connectivity index is 4.03. The maximum absolute atomic E-state index is 11.7. The van der Waals surface area contributed by atoms with E-state index in [2.05, 4.69) is 25.8 Å². The van der Waals surface area contributed by atoms with Gasteiger partial charge in [-0.25, -0.2) is 9.59 Å². The van der Waals surface area contributed by atoms with Gasteiger partial charge in [-0.1, -0.05) is 13.2 Å². The predicted octanol–water partition coefficient (Wildman–Crippen LogP) is 0.112. The molecule has 30 heavy (non-hydrogen) atoms. The Labute approximate surface area is 180 Å². The van der Waals surface area contributed by atoms with Crippen molar-refractivity contribution >= 4 is 36.5 Å². The van der Waals surface area contributed by atoms with Crippen molar-refractivity contribution in [2.75, 3.05) is 26.4 Å². The number of carbonyl (C=O) groups excluding carboxylic acids is 4. The maximum atomic E-state index is 11.7. The molecule has 2 unspecified atom stereocenters. The van der Waals surface area contributed by atoms with Gasteiger partial charge in [-0.05, 0) is 13.8 Å². The van der Waals surface area contributed by atoms with Crippen LogP contribution in [0.3, 0.4) is 0 Å². The number of rotatable bonds is 14. The standard InChI is InChI=1S/C19H28O10S/c1-11(2)18(24)28-9-13(20)7-26-16(22)5-15(30)6-17(23)27-8-14(21)10-29-19(25)12(3)4/h13-15,20-21,30H,1,3,5-10H2,2,4H3. The number of carbonyl (C=O) groups is 4. The lowest BCUT2D eigenvalue weighted by molar-refractivity contribution is -0.150. The fourth-order valence-electron chi connectivity index (χ4n) is 1.64. The van der Waals surface area contributed by atoms with Gasteiger partial charge in [0.25, 0.3) is 0 Å². The number of aliphatic hydroxyl groups is 2. The molecule has 0 saturated heterocycles. The van der Waals surface area contributed by atoms with Crippen LogP contribution < -0.4 is 0 Å². The number of ether oxygens (including phenoxy) is 4. The van der Waals surface area contributed by atoms with E-state index in [-0.39, 0.29) is 37.2 Å². The average molecular weight is 448 g/mol. The number of hydrogen-bond donors (Lipinski definition) is 3. The zero-order valence-electron chi connectivity index (χ0n) is 17.0. The average Bonchev–Trinajstić information content (AvgIpc) is 2.66. The Morgan fingerprint density at radius 3 is 1.33 bits per heavy atom. The summed E-state index contributed by atoms with van der Waals surface area (Å²) in [7, 11) is 0. The van der Waals surface area contributed by atoms with E-state index in [1.807, 2.05) is 0 Å². The minimum absolute atomic E-state index is 0.171. The van der Waals surface area contributed by atoms with E-state index in [0.717, 1.165) is 0 Å². The Hall–Kier alpha value is -2.37. The van der Waals surface area contributed by atoms with Crippen molar-refractivity contribution in [3.8, 4) is 0 Å². The van der Waals surface area contributed by atoms with E-state index >= 15 is 0 Å². The number of aliphatic hydroxyl groups excluding tert-OH is 2. The maximum Gasteiger partial charge on any atom is 0.333 e. The molecule has 0 fully saturated rings. The Bertz CT molecular complexity index is 591. The first-order chi connectivity index (χ1) is 13.9. The highest BCUT2D eigenvalue weighted by Gasteiger charge is 2.19. The molecular weight excluding hydrogens is 420 g/mol. The van der Waals surface area contributed by atoms with Crippen molar-refractivity contribution in [3.63, 3.8) is 0 Å². The third kappa shape index (κ3) is 13.7. The molecule has 11 heteroatoms. The van der Waals surface area contributed by atoms with Crippen LogP contribution in [-0.2, 0) is 38.1 Å². The van der Waals surface area contributed by atoms with E-state index in [0.29, 0.717) is 0 Å². The van der Waals surface area contributed by atoms with Gasteiger partial charge in [0.05, 0.1) is 12.8 Å².